The number of para-hydroxylation sites is 3. The van der Waals surface area contributed by atoms with Gasteiger partial charge in [0.2, 0.25) is 0 Å². The van der Waals surface area contributed by atoms with Crippen molar-refractivity contribution in [3.05, 3.63) is 204 Å². The first-order chi connectivity index (χ1) is 24.8. The van der Waals surface area contributed by atoms with Gasteiger partial charge in [0.1, 0.15) is 0 Å². The highest BCUT2D eigenvalue weighted by Crippen LogP contribution is 2.67. The van der Waals surface area contributed by atoms with Crippen LogP contribution in [0.1, 0.15) is 22.3 Å². The maximum absolute atomic E-state index is 2.52. The molecule has 9 aromatic rings. The lowest BCUT2D eigenvalue weighted by atomic mass is 9.69. The number of thiophene rings is 1. The van der Waals surface area contributed by atoms with Crippen LogP contribution >= 0.6 is 11.3 Å². The third-order valence-corrected chi connectivity index (χ3v) is 12.0. The third-order valence-electron chi connectivity index (χ3n) is 10.8. The normalized spacial score (nSPS) is 15.3. The zero-order valence-electron chi connectivity index (χ0n) is 27.1. The van der Waals surface area contributed by atoms with E-state index < -0.39 is 5.41 Å². The third kappa shape index (κ3) is 3.57. The Balaban J connectivity index is 1.20. The van der Waals surface area contributed by atoms with Crippen molar-refractivity contribution >= 4 is 49.4 Å². The highest BCUT2D eigenvalue weighted by atomic mass is 32.1. The number of aromatic nitrogens is 1. The van der Waals surface area contributed by atoms with Gasteiger partial charge in [-0.2, -0.15) is 0 Å². The first-order valence-corrected chi connectivity index (χ1v) is 18.0. The van der Waals surface area contributed by atoms with E-state index >= 15 is 0 Å². The van der Waals surface area contributed by atoms with E-state index in [0.29, 0.717) is 0 Å². The van der Waals surface area contributed by atoms with Gasteiger partial charge in [0.05, 0.1) is 16.6 Å². The fourth-order valence-electron chi connectivity index (χ4n) is 8.94. The minimum atomic E-state index is -0.417. The molecule has 1 atom stereocenters. The lowest BCUT2D eigenvalue weighted by Gasteiger charge is -2.30. The van der Waals surface area contributed by atoms with Gasteiger partial charge in [0.15, 0.2) is 0 Å². The Morgan fingerprint density at radius 3 is 1.70 bits per heavy atom. The van der Waals surface area contributed by atoms with Gasteiger partial charge in [-0.3, -0.25) is 0 Å². The van der Waals surface area contributed by atoms with Gasteiger partial charge in [-0.25, -0.2) is 0 Å². The fraction of sp³-hybridized carbons (Fsp3) is 0.0213. The predicted octanol–water partition coefficient (Wildman–Crippen LogP) is 12.7. The van der Waals surface area contributed by atoms with Crippen LogP contribution in [0.4, 0.5) is 17.1 Å². The summed E-state index contributed by atoms with van der Waals surface area (Å²) in [5.74, 6) is 0. The van der Waals surface area contributed by atoms with Crippen LogP contribution in [-0.2, 0) is 5.41 Å². The van der Waals surface area contributed by atoms with Crippen LogP contribution in [0.3, 0.4) is 0 Å². The van der Waals surface area contributed by atoms with Crippen LogP contribution in [0, 0.1) is 0 Å². The molecule has 1 spiro atoms. The highest BCUT2D eigenvalue weighted by Gasteiger charge is 2.55. The molecule has 7 aromatic carbocycles. The molecule has 0 saturated carbocycles. The van der Waals surface area contributed by atoms with Crippen LogP contribution in [0.25, 0.3) is 48.4 Å². The number of fused-ring (bicyclic) bond motifs is 14. The summed E-state index contributed by atoms with van der Waals surface area (Å²) in [5.41, 5.74) is 14.9. The second-order valence-corrected chi connectivity index (χ2v) is 14.3. The number of rotatable bonds is 4. The minimum absolute atomic E-state index is 0.417. The molecule has 2 heterocycles. The Kier molecular flexibility index (Phi) is 5.78. The molecule has 0 bridgehead atoms. The topological polar surface area (TPSA) is 8.17 Å². The van der Waals surface area contributed by atoms with Gasteiger partial charge < -0.3 is 9.47 Å². The predicted molar refractivity (Wildman–Crippen MR) is 210 cm³/mol. The standard InChI is InChI=1S/C47H30N2S/c1-3-15-31(16-4-1)48(32-17-5-2-6-18-32)33-27-29-34(30-28-33)49-41-25-13-9-21-37(41)43-45(49)35-19-7-11-23-39(35)47(43)40-24-12-8-20-36(40)46-44(47)38-22-10-14-26-42(38)50-46/h1-30H/t47-/m0/s1. The Bertz CT molecular complexity index is 2720. The first-order valence-electron chi connectivity index (χ1n) is 17.2. The van der Waals surface area contributed by atoms with Crippen molar-refractivity contribution < 1.29 is 0 Å². The van der Waals surface area contributed by atoms with E-state index in [1.54, 1.807) is 0 Å². The molecular weight excluding hydrogens is 625 g/mol. The Morgan fingerprint density at radius 1 is 0.440 bits per heavy atom. The smallest absolute Gasteiger partial charge is 0.0762 e. The summed E-state index contributed by atoms with van der Waals surface area (Å²) in [6.07, 6.45) is 0. The quantitative estimate of drug-likeness (QED) is 0.183. The van der Waals surface area contributed by atoms with Crippen molar-refractivity contribution in [2.45, 2.75) is 5.41 Å². The molecule has 234 valence electrons. The minimum Gasteiger partial charge on any atom is -0.311 e. The number of hydrogen-bond acceptors (Lipinski definition) is 2. The zero-order valence-corrected chi connectivity index (χ0v) is 27.9. The van der Waals surface area contributed by atoms with E-state index in [0.717, 1.165) is 22.7 Å². The largest absolute Gasteiger partial charge is 0.311 e. The van der Waals surface area contributed by atoms with Crippen molar-refractivity contribution in [1.29, 1.82) is 0 Å². The molecule has 2 aliphatic rings. The fourth-order valence-corrected chi connectivity index (χ4v) is 10.2. The van der Waals surface area contributed by atoms with Gasteiger partial charge in [-0.15, -0.1) is 11.3 Å². The van der Waals surface area contributed by atoms with E-state index in [-0.39, 0.29) is 0 Å². The van der Waals surface area contributed by atoms with Crippen LogP contribution in [0.2, 0.25) is 0 Å². The van der Waals surface area contributed by atoms with Crippen LogP contribution in [0.15, 0.2) is 182 Å². The number of anilines is 3. The summed E-state index contributed by atoms with van der Waals surface area (Å²) >= 11 is 1.94. The van der Waals surface area contributed by atoms with Gasteiger partial charge in [0.25, 0.3) is 0 Å². The number of nitrogens with zero attached hydrogens (tertiary/aromatic N) is 2. The van der Waals surface area contributed by atoms with Gasteiger partial charge in [-0.1, -0.05) is 121 Å². The zero-order chi connectivity index (χ0) is 32.8. The van der Waals surface area contributed by atoms with E-state index in [1.807, 2.05) is 11.3 Å². The van der Waals surface area contributed by atoms with Crippen molar-refractivity contribution in [2.75, 3.05) is 4.90 Å². The van der Waals surface area contributed by atoms with Crippen molar-refractivity contribution in [3.8, 4) is 27.4 Å². The number of hydrogen-bond donors (Lipinski definition) is 0. The summed E-state index contributed by atoms with van der Waals surface area (Å²) in [6, 6.07) is 66.7. The van der Waals surface area contributed by atoms with Crippen LogP contribution in [0.5, 0.6) is 0 Å². The molecule has 0 radical (unpaired) electrons. The molecule has 2 aliphatic carbocycles. The molecule has 0 unspecified atom stereocenters. The molecule has 0 N–H and O–H groups in total. The van der Waals surface area contributed by atoms with Crippen molar-refractivity contribution in [3.63, 3.8) is 0 Å². The second-order valence-electron chi connectivity index (χ2n) is 13.2. The van der Waals surface area contributed by atoms with E-state index in [2.05, 4.69) is 191 Å². The molecule has 0 saturated heterocycles. The summed E-state index contributed by atoms with van der Waals surface area (Å²) in [7, 11) is 0. The molecule has 0 amide bonds. The Morgan fingerprint density at radius 2 is 0.980 bits per heavy atom. The molecular formula is C47H30N2S. The second kappa shape index (κ2) is 10.4. The molecule has 11 rings (SSSR count). The lowest BCUT2D eigenvalue weighted by Crippen LogP contribution is -2.25. The van der Waals surface area contributed by atoms with Crippen LogP contribution in [-0.4, -0.2) is 4.57 Å². The number of benzene rings is 7. The van der Waals surface area contributed by atoms with E-state index in [9.17, 15) is 0 Å². The summed E-state index contributed by atoms with van der Waals surface area (Å²) in [4.78, 5) is 3.72. The van der Waals surface area contributed by atoms with Crippen molar-refractivity contribution in [1.82, 2.24) is 4.57 Å². The maximum atomic E-state index is 2.52. The SMILES string of the molecule is c1ccc(N(c2ccccc2)c2ccc(-n3c4c(c5ccccc53)[C@@]3(c5ccccc5-c5sc6ccccc6c53)c3ccccc3-4)cc2)cc1. The van der Waals surface area contributed by atoms with E-state index in [4.69, 9.17) is 0 Å². The van der Waals surface area contributed by atoms with Gasteiger partial charge in [-0.05, 0) is 88.3 Å². The Hall–Kier alpha value is -6.16. The summed E-state index contributed by atoms with van der Waals surface area (Å²) < 4.78 is 3.87. The Labute approximate surface area is 294 Å². The first kappa shape index (κ1) is 27.8. The molecule has 0 aliphatic heterocycles. The molecule has 2 nitrogen and oxygen atoms in total. The average Bonchev–Trinajstić information content (AvgIpc) is 3.90. The monoisotopic (exact) mass is 654 g/mol. The molecule has 0 fully saturated rings. The molecule has 50 heavy (non-hydrogen) atoms. The summed E-state index contributed by atoms with van der Waals surface area (Å²) in [6.45, 7) is 0. The lowest BCUT2D eigenvalue weighted by molar-refractivity contribution is 0.810. The highest BCUT2D eigenvalue weighted by molar-refractivity contribution is 7.22. The van der Waals surface area contributed by atoms with Crippen molar-refractivity contribution in [2.24, 2.45) is 0 Å². The van der Waals surface area contributed by atoms with Gasteiger partial charge in [0, 0.05) is 48.8 Å². The van der Waals surface area contributed by atoms with Gasteiger partial charge >= 0.3 is 0 Å². The molecule has 3 heteroatoms. The maximum Gasteiger partial charge on any atom is 0.0762 e. The molecule has 2 aromatic heterocycles. The summed E-state index contributed by atoms with van der Waals surface area (Å²) in [5, 5.41) is 2.66. The van der Waals surface area contributed by atoms with Crippen LogP contribution < -0.4 is 4.90 Å². The van der Waals surface area contributed by atoms with E-state index in [1.165, 1.54) is 64.9 Å². The average molecular weight is 655 g/mol.